The first-order valence-corrected chi connectivity index (χ1v) is 7.55. The van der Waals surface area contributed by atoms with E-state index in [1.807, 2.05) is 0 Å². The van der Waals surface area contributed by atoms with Crippen LogP contribution in [0.2, 0.25) is 5.02 Å². The Morgan fingerprint density at radius 3 is 2.52 bits per heavy atom. The third kappa shape index (κ3) is 3.81. The molecule has 0 bridgehead atoms. The Kier molecular flexibility index (Phi) is 4.97. The molecule has 0 aromatic heterocycles. The number of carbonyl (C=O) groups is 1. The maximum atomic E-state index is 12.1. The molecule has 5 nitrogen and oxygen atoms in total. The summed E-state index contributed by atoms with van der Waals surface area (Å²) in [6, 6.07) is 9.05. The van der Waals surface area contributed by atoms with Gasteiger partial charge in [-0.15, -0.1) is 0 Å². The number of benzene rings is 2. The van der Waals surface area contributed by atoms with E-state index in [4.69, 9.17) is 11.6 Å². The van der Waals surface area contributed by atoms with E-state index in [1.54, 1.807) is 18.2 Å². The summed E-state index contributed by atoms with van der Waals surface area (Å²) in [4.78, 5) is 22.6. The van der Waals surface area contributed by atoms with E-state index in [2.05, 4.69) is 37.2 Å². The van der Waals surface area contributed by atoms with Crippen LogP contribution in [0, 0.1) is 10.1 Å². The van der Waals surface area contributed by atoms with Gasteiger partial charge < -0.3 is 5.32 Å². The quantitative estimate of drug-likeness (QED) is 0.544. The molecule has 0 radical (unpaired) electrons. The third-order valence-corrected chi connectivity index (χ3v) is 4.29. The Bertz CT molecular complexity index is 737. The summed E-state index contributed by atoms with van der Waals surface area (Å²) in [5.41, 5.74) is 0.272. The largest absolute Gasteiger partial charge is 0.316 e. The first kappa shape index (κ1) is 15.9. The van der Waals surface area contributed by atoms with E-state index in [-0.39, 0.29) is 11.4 Å². The molecule has 8 heteroatoms. The minimum Gasteiger partial charge on any atom is -0.316 e. The zero-order valence-electron chi connectivity index (χ0n) is 10.3. The number of nitrogens with one attached hydrogen (secondary N) is 1. The molecule has 21 heavy (non-hydrogen) atoms. The van der Waals surface area contributed by atoms with Crippen LogP contribution in [0.5, 0.6) is 0 Å². The van der Waals surface area contributed by atoms with Crippen LogP contribution >= 0.6 is 43.5 Å². The second-order valence-corrected chi connectivity index (χ2v) is 6.18. The summed E-state index contributed by atoms with van der Waals surface area (Å²) in [5, 5.41) is 14.0. The lowest BCUT2D eigenvalue weighted by Gasteiger charge is -2.07. The molecule has 2 rings (SSSR count). The number of amides is 1. The molecule has 0 heterocycles. The summed E-state index contributed by atoms with van der Waals surface area (Å²) in [5.74, 6) is -0.460. The molecule has 1 N–H and O–H groups in total. The van der Waals surface area contributed by atoms with Gasteiger partial charge >= 0.3 is 0 Å². The Balaban J connectivity index is 2.31. The number of hydrogen-bond donors (Lipinski definition) is 1. The summed E-state index contributed by atoms with van der Waals surface area (Å²) in [6.07, 6.45) is 0. The fourth-order valence-corrected chi connectivity index (χ4v) is 2.44. The molecular weight excluding hydrogens is 427 g/mol. The first-order chi connectivity index (χ1) is 9.88. The van der Waals surface area contributed by atoms with Crippen LogP contribution in [0.3, 0.4) is 0 Å². The van der Waals surface area contributed by atoms with Gasteiger partial charge in [0.15, 0.2) is 0 Å². The van der Waals surface area contributed by atoms with E-state index in [0.29, 0.717) is 19.5 Å². The molecule has 108 valence electrons. The number of halogens is 3. The lowest BCUT2D eigenvalue weighted by atomic mass is 10.2. The van der Waals surface area contributed by atoms with Gasteiger partial charge in [0.05, 0.1) is 9.95 Å². The van der Waals surface area contributed by atoms with Gasteiger partial charge in [0.25, 0.3) is 11.6 Å². The summed E-state index contributed by atoms with van der Waals surface area (Å²) in [6.45, 7) is 0. The molecule has 0 atom stereocenters. The first-order valence-electron chi connectivity index (χ1n) is 5.59. The number of hydrogen-bond acceptors (Lipinski definition) is 3. The monoisotopic (exact) mass is 432 g/mol. The van der Waals surface area contributed by atoms with Crippen molar-refractivity contribution in [3.05, 3.63) is 66.0 Å². The number of nitro groups is 1. The molecule has 0 saturated carbocycles. The summed E-state index contributed by atoms with van der Waals surface area (Å²) < 4.78 is 1.13. The van der Waals surface area contributed by atoms with E-state index in [9.17, 15) is 14.9 Å². The standard InChI is InChI=1S/C13H7Br2ClN2O3/c14-8-2-4-11(12(6-8)18(20)21)17-13(19)7-1-3-10(16)9(15)5-7/h1-6H,(H,17,19). The molecule has 0 aliphatic rings. The number of anilines is 1. The van der Waals surface area contributed by atoms with Crippen molar-refractivity contribution < 1.29 is 9.72 Å². The highest BCUT2D eigenvalue weighted by Crippen LogP contribution is 2.29. The van der Waals surface area contributed by atoms with Crippen molar-refractivity contribution in [2.75, 3.05) is 5.32 Å². The lowest BCUT2D eigenvalue weighted by molar-refractivity contribution is -0.384. The van der Waals surface area contributed by atoms with Gasteiger partial charge in [0, 0.05) is 20.6 Å². The Morgan fingerprint density at radius 2 is 1.90 bits per heavy atom. The van der Waals surface area contributed by atoms with Gasteiger partial charge in [-0.1, -0.05) is 27.5 Å². The van der Waals surface area contributed by atoms with Gasteiger partial charge in [-0.25, -0.2) is 0 Å². The van der Waals surface area contributed by atoms with Crippen molar-refractivity contribution in [1.29, 1.82) is 0 Å². The van der Waals surface area contributed by atoms with Crippen LogP contribution in [-0.4, -0.2) is 10.8 Å². The molecule has 0 aliphatic carbocycles. The van der Waals surface area contributed by atoms with Crippen molar-refractivity contribution in [2.45, 2.75) is 0 Å². The maximum absolute atomic E-state index is 12.1. The molecule has 0 unspecified atom stereocenters. The van der Waals surface area contributed by atoms with Gasteiger partial charge in [0.2, 0.25) is 0 Å². The van der Waals surface area contributed by atoms with Crippen LogP contribution in [-0.2, 0) is 0 Å². The van der Waals surface area contributed by atoms with E-state index >= 15 is 0 Å². The SMILES string of the molecule is O=C(Nc1ccc(Br)cc1[N+](=O)[O-])c1ccc(Cl)c(Br)c1. The molecule has 2 aromatic carbocycles. The van der Waals surface area contributed by atoms with Gasteiger partial charge in [-0.2, -0.15) is 0 Å². The number of carbonyl (C=O) groups excluding carboxylic acids is 1. The minimum absolute atomic E-state index is 0.124. The van der Waals surface area contributed by atoms with Crippen LogP contribution in [0.25, 0.3) is 0 Å². The van der Waals surface area contributed by atoms with Crippen LogP contribution in [0.15, 0.2) is 45.3 Å². The van der Waals surface area contributed by atoms with Crippen molar-refractivity contribution >= 4 is 60.7 Å². The van der Waals surface area contributed by atoms with Crippen molar-refractivity contribution in [3.8, 4) is 0 Å². The summed E-state index contributed by atoms with van der Waals surface area (Å²) >= 11 is 12.2. The predicted molar refractivity (Wildman–Crippen MR) is 87.9 cm³/mol. The van der Waals surface area contributed by atoms with Crippen molar-refractivity contribution in [2.24, 2.45) is 0 Å². The topological polar surface area (TPSA) is 72.2 Å². The average Bonchev–Trinajstić information content (AvgIpc) is 2.43. The molecule has 2 aromatic rings. The summed E-state index contributed by atoms with van der Waals surface area (Å²) in [7, 11) is 0. The molecule has 0 aliphatic heterocycles. The predicted octanol–water partition coefficient (Wildman–Crippen LogP) is 5.03. The highest BCUT2D eigenvalue weighted by Gasteiger charge is 2.17. The van der Waals surface area contributed by atoms with Crippen molar-refractivity contribution in [3.63, 3.8) is 0 Å². The van der Waals surface area contributed by atoms with E-state index in [0.717, 1.165) is 0 Å². The van der Waals surface area contributed by atoms with Gasteiger partial charge in [-0.05, 0) is 46.3 Å². The normalized spacial score (nSPS) is 10.2. The number of nitrogens with zero attached hydrogens (tertiary/aromatic N) is 1. The molecular formula is C13H7Br2ClN2O3. The smallest absolute Gasteiger partial charge is 0.293 e. The van der Waals surface area contributed by atoms with Gasteiger partial charge in [0.1, 0.15) is 5.69 Å². The highest BCUT2D eigenvalue weighted by atomic mass is 79.9. The van der Waals surface area contributed by atoms with Gasteiger partial charge in [-0.3, -0.25) is 14.9 Å². The average molecular weight is 434 g/mol. The molecule has 0 saturated heterocycles. The molecule has 1 amide bonds. The van der Waals surface area contributed by atoms with Crippen molar-refractivity contribution in [1.82, 2.24) is 0 Å². The lowest BCUT2D eigenvalue weighted by Crippen LogP contribution is -2.13. The number of nitro benzene ring substituents is 1. The second kappa shape index (κ2) is 6.55. The fraction of sp³-hybridized carbons (Fsp3) is 0. The van der Waals surface area contributed by atoms with Crippen LogP contribution < -0.4 is 5.32 Å². The Hall–Kier alpha value is -1.44. The zero-order chi connectivity index (χ0) is 15.6. The molecule has 0 spiro atoms. The Labute approximate surface area is 141 Å². The number of rotatable bonds is 3. The fourth-order valence-electron chi connectivity index (χ4n) is 1.59. The second-order valence-electron chi connectivity index (χ2n) is 4.00. The molecule has 0 fully saturated rings. The van der Waals surface area contributed by atoms with E-state index in [1.165, 1.54) is 18.2 Å². The van der Waals surface area contributed by atoms with E-state index < -0.39 is 10.8 Å². The van der Waals surface area contributed by atoms with Crippen LogP contribution in [0.4, 0.5) is 11.4 Å². The maximum Gasteiger partial charge on any atom is 0.293 e. The third-order valence-electron chi connectivity index (χ3n) is 2.59. The zero-order valence-corrected chi connectivity index (χ0v) is 14.2. The van der Waals surface area contributed by atoms with Crippen LogP contribution in [0.1, 0.15) is 10.4 Å². The Morgan fingerprint density at radius 1 is 1.19 bits per heavy atom. The minimum atomic E-state index is -0.557. The highest BCUT2D eigenvalue weighted by molar-refractivity contribution is 9.10.